The molecule has 2 heterocycles. The van der Waals surface area contributed by atoms with Crippen molar-refractivity contribution < 1.29 is 19.5 Å². The molecule has 0 saturated carbocycles. The quantitative estimate of drug-likeness (QED) is 0.569. The predicted octanol–water partition coefficient (Wildman–Crippen LogP) is 3.81. The van der Waals surface area contributed by atoms with Crippen LogP contribution in [0.25, 0.3) is 10.8 Å². The number of aliphatic hydroxyl groups excluding tert-OH is 1. The monoisotopic (exact) mass is 394 g/mol. The summed E-state index contributed by atoms with van der Waals surface area (Å²) >= 11 is 0. The highest BCUT2D eigenvalue weighted by Crippen LogP contribution is 2.39. The van der Waals surface area contributed by atoms with Crippen LogP contribution >= 0.6 is 0 Å². The van der Waals surface area contributed by atoms with E-state index >= 15 is 0 Å². The van der Waals surface area contributed by atoms with E-state index in [2.05, 4.69) is 45.0 Å². The van der Waals surface area contributed by atoms with Crippen molar-refractivity contribution in [1.29, 1.82) is 0 Å². The minimum Gasteiger partial charge on any atom is -0.369 e. The summed E-state index contributed by atoms with van der Waals surface area (Å²) in [4.78, 5) is 37.4. The summed E-state index contributed by atoms with van der Waals surface area (Å²) in [6, 6.07) is 6.29. The van der Waals surface area contributed by atoms with Crippen molar-refractivity contribution in [3.05, 3.63) is 65.4 Å². The van der Waals surface area contributed by atoms with Crippen LogP contribution < -0.4 is 5.32 Å². The average Bonchev–Trinajstić information content (AvgIpc) is 2.69. The van der Waals surface area contributed by atoms with E-state index in [9.17, 15) is 19.5 Å². The molecule has 3 amide bonds. The van der Waals surface area contributed by atoms with Crippen molar-refractivity contribution in [1.82, 2.24) is 10.2 Å². The Morgan fingerprint density at radius 2 is 1.48 bits per heavy atom. The molecule has 6 nitrogen and oxygen atoms in total. The average molecular weight is 394 g/mol. The van der Waals surface area contributed by atoms with Crippen LogP contribution in [0.4, 0.5) is 0 Å². The lowest BCUT2D eigenvalue weighted by molar-refractivity contribution is 0.0173. The maximum atomic E-state index is 12.3. The van der Waals surface area contributed by atoms with Gasteiger partial charge in [-0.25, -0.2) is 0 Å². The first-order chi connectivity index (χ1) is 13.7. The molecule has 0 aliphatic carbocycles. The van der Waals surface area contributed by atoms with Crippen molar-refractivity contribution >= 4 is 28.5 Å². The fraction of sp³-hybridized carbons (Fsp3) is 0.304. The molecule has 0 radical (unpaired) electrons. The highest BCUT2D eigenvalue weighted by atomic mass is 16.3. The molecule has 0 bridgehead atoms. The van der Waals surface area contributed by atoms with Gasteiger partial charge in [-0.05, 0) is 24.1 Å². The van der Waals surface area contributed by atoms with Gasteiger partial charge in [-0.2, -0.15) is 0 Å². The van der Waals surface area contributed by atoms with Crippen LogP contribution in [-0.2, 0) is 0 Å². The van der Waals surface area contributed by atoms with Gasteiger partial charge in [0.1, 0.15) is 0 Å². The lowest BCUT2D eigenvalue weighted by Gasteiger charge is -2.32. The molecule has 0 saturated heterocycles. The molecular formula is C23H26N2O4. The van der Waals surface area contributed by atoms with Crippen molar-refractivity contribution in [2.45, 2.75) is 33.4 Å². The van der Waals surface area contributed by atoms with E-state index in [-0.39, 0.29) is 5.91 Å². The lowest BCUT2D eigenvalue weighted by atomic mass is 9.86. The molecule has 152 valence electrons. The molecule has 2 aliphatic rings. The Morgan fingerprint density at radius 3 is 1.97 bits per heavy atom. The van der Waals surface area contributed by atoms with E-state index in [4.69, 9.17) is 0 Å². The van der Waals surface area contributed by atoms with Crippen LogP contribution in [0.15, 0.2) is 43.2 Å². The zero-order valence-electron chi connectivity index (χ0n) is 17.2. The van der Waals surface area contributed by atoms with Gasteiger partial charge >= 0.3 is 0 Å². The number of rotatable bonds is 1. The second-order valence-corrected chi connectivity index (χ2v) is 7.24. The highest BCUT2D eigenvalue weighted by Gasteiger charge is 2.35. The fourth-order valence-corrected chi connectivity index (χ4v) is 3.04. The number of carbonyl (C=O) groups excluding carboxylic acids is 3. The van der Waals surface area contributed by atoms with Gasteiger partial charge in [0, 0.05) is 40.1 Å². The maximum Gasteiger partial charge on any atom is 0.258 e. The molecule has 0 fully saturated rings. The second-order valence-electron chi connectivity index (χ2n) is 7.24. The Labute approximate surface area is 170 Å². The van der Waals surface area contributed by atoms with Crippen molar-refractivity contribution in [3.63, 3.8) is 0 Å². The lowest BCUT2D eigenvalue weighted by Crippen LogP contribution is -2.38. The molecule has 1 atom stereocenters. The topological polar surface area (TPSA) is 86.7 Å². The third-order valence-corrected chi connectivity index (χ3v) is 4.92. The van der Waals surface area contributed by atoms with Gasteiger partial charge in [-0.15, -0.1) is 5.73 Å². The predicted molar refractivity (Wildman–Crippen MR) is 113 cm³/mol. The van der Waals surface area contributed by atoms with Gasteiger partial charge in [0.15, 0.2) is 6.23 Å². The van der Waals surface area contributed by atoms with E-state index in [1.54, 1.807) is 18.2 Å². The van der Waals surface area contributed by atoms with Gasteiger partial charge in [0.25, 0.3) is 17.7 Å². The zero-order valence-corrected chi connectivity index (χ0v) is 17.2. The number of benzene rings is 2. The third kappa shape index (κ3) is 3.99. The molecular weight excluding hydrogens is 368 g/mol. The number of hydrogen-bond donors (Lipinski definition) is 2. The van der Waals surface area contributed by atoms with E-state index in [0.29, 0.717) is 33.0 Å². The number of carbonyl (C=O) groups is 3. The molecule has 2 N–H and O–H groups in total. The summed E-state index contributed by atoms with van der Waals surface area (Å²) in [5.41, 5.74) is 3.85. The van der Waals surface area contributed by atoms with Gasteiger partial charge in [-0.1, -0.05) is 46.4 Å². The Bertz CT molecular complexity index is 997. The first kappa shape index (κ1) is 22.1. The van der Waals surface area contributed by atoms with Crippen LogP contribution in [0.3, 0.4) is 0 Å². The minimum absolute atomic E-state index is 0.336. The van der Waals surface area contributed by atoms with Gasteiger partial charge in [0.05, 0.1) is 0 Å². The second kappa shape index (κ2) is 8.86. The first-order valence-electron chi connectivity index (χ1n) is 9.39. The van der Waals surface area contributed by atoms with Crippen LogP contribution in [0.5, 0.6) is 0 Å². The summed E-state index contributed by atoms with van der Waals surface area (Å²) in [5, 5.41) is 13.4. The number of hydrogen-bond acceptors (Lipinski definition) is 4. The van der Waals surface area contributed by atoms with Crippen molar-refractivity contribution in [2.24, 2.45) is 5.92 Å². The van der Waals surface area contributed by atoms with Gasteiger partial charge in [-0.3, -0.25) is 19.7 Å². The van der Waals surface area contributed by atoms with Crippen molar-refractivity contribution in [2.75, 3.05) is 7.05 Å². The SMILES string of the molecule is C=C=C.CCC(C)C.CN1C(=O)c2ccc3c4c(ccc(c24)C1O)C(=O)NC3=O. The number of nitrogens with zero attached hydrogens (tertiary/aromatic N) is 1. The normalized spacial score (nSPS) is 16.4. The Balaban J connectivity index is 0.000000324. The van der Waals surface area contributed by atoms with Crippen LogP contribution in [0, 0.1) is 5.92 Å². The minimum atomic E-state index is -1.09. The molecule has 2 aromatic carbocycles. The summed E-state index contributed by atoms with van der Waals surface area (Å²) in [5.74, 6) is -0.429. The maximum absolute atomic E-state index is 12.3. The highest BCUT2D eigenvalue weighted by molar-refractivity contribution is 6.28. The van der Waals surface area contributed by atoms with E-state index in [0.717, 1.165) is 5.92 Å². The summed E-state index contributed by atoms with van der Waals surface area (Å²) < 4.78 is 0. The Hall–Kier alpha value is -3.21. The molecule has 2 aromatic rings. The Kier molecular flexibility index (Phi) is 6.75. The Morgan fingerprint density at radius 1 is 1.03 bits per heavy atom. The third-order valence-electron chi connectivity index (χ3n) is 4.92. The van der Waals surface area contributed by atoms with Gasteiger partial charge < -0.3 is 10.0 Å². The molecule has 4 rings (SSSR count). The molecule has 1 unspecified atom stereocenters. The zero-order chi connectivity index (χ0) is 21.9. The number of aliphatic hydroxyl groups is 1. The first-order valence-corrected chi connectivity index (χ1v) is 9.39. The summed E-state index contributed by atoms with van der Waals surface area (Å²) in [7, 11) is 1.51. The number of amides is 3. The van der Waals surface area contributed by atoms with Crippen molar-refractivity contribution in [3.8, 4) is 0 Å². The van der Waals surface area contributed by atoms with E-state index < -0.39 is 18.0 Å². The largest absolute Gasteiger partial charge is 0.369 e. The van der Waals surface area contributed by atoms with E-state index in [1.165, 1.54) is 24.4 Å². The fourth-order valence-electron chi connectivity index (χ4n) is 3.04. The van der Waals surface area contributed by atoms with Crippen LogP contribution in [0.2, 0.25) is 0 Å². The number of nitrogens with one attached hydrogen (secondary N) is 1. The summed E-state index contributed by atoms with van der Waals surface area (Å²) in [6.07, 6.45) is 0.217. The smallest absolute Gasteiger partial charge is 0.258 e. The molecule has 0 spiro atoms. The molecule has 6 heteroatoms. The molecule has 2 aliphatic heterocycles. The van der Waals surface area contributed by atoms with Crippen LogP contribution in [-0.4, -0.2) is 34.8 Å². The number of imide groups is 1. The van der Waals surface area contributed by atoms with Crippen LogP contribution in [0.1, 0.15) is 70.1 Å². The standard InChI is InChI=1S/C15H10N2O4.C5H12.C3H4/c1-17-14(20)8-4-2-6-10-7(13(19)16-12(6)18)3-5-9(11(8)10)15(17)21;1-4-5(2)3;1-3-2/h2-5,14,20H,1H3,(H,16,18,19);5H,4H2,1-3H3;1-2H2. The van der Waals surface area contributed by atoms with Gasteiger partial charge in [0.2, 0.25) is 0 Å². The summed E-state index contributed by atoms with van der Waals surface area (Å²) in [6.45, 7) is 12.9. The molecule has 29 heavy (non-hydrogen) atoms. The molecule has 0 aromatic heterocycles. The van der Waals surface area contributed by atoms with E-state index in [1.807, 2.05) is 0 Å².